The summed E-state index contributed by atoms with van der Waals surface area (Å²) >= 11 is 0. The van der Waals surface area contributed by atoms with Crippen LogP contribution >= 0.6 is 0 Å². The molecule has 0 amide bonds. The molecule has 1 N–H and O–H groups in total. The summed E-state index contributed by atoms with van der Waals surface area (Å²) in [5.41, 5.74) is -0.481. The molecule has 0 rings (SSSR count). The maximum atomic E-state index is 10.1. The van der Waals surface area contributed by atoms with E-state index in [2.05, 4.69) is 15.0 Å². The summed E-state index contributed by atoms with van der Waals surface area (Å²) in [5, 5.41) is 2.98. The van der Waals surface area contributed by atoms with Crippen molar-refractivity contribution in [2.24, 2.45) is 4.99 Å². The molecule has 0 radical (unpaired) electrons. The van der Waals surface area contributed by atoms with Crippen molar-refractivity contribution in [2.45, 2.75) is 52.6 Å². The van der Waals surface area contributed by atoms with Crippen LogP contribution in [0, 0.1) is 38.2 Å². The van der Waals surface area contributed by atoms with Crippen LogP contribution in [0.5, 0.6) is 0 Å². The molecule has 15 heavy (non-hydrogen) atoms. The van der Waals surface area contributed by atoms with E-state index in [1.54, 1.807) is 0 Å². The van der Waals surface area contributed by atoms with E-state index in [1.807, 2.05) is 41.5 Å². The van der Waals surface area contributed by atoms with Crippen molar-refractivity contribution < 1.29 is 47.7 Å². The van der Waals surface area contributed by atoms with Gasteiger partial charge in [-0.1, -0.05) is 0 Å². The Morgan fingerprint density at radius 3 is 1.93 bits per heavy atom. The normalized spacial score (nSPS) is 12.8. The largest absolute Gasteiger partial charge is 0.584 e. The molecule has 0 fully saturated rings. The van der Waals surface area contributed by atoms with E-state index in [1.165, 1.54) is 6.47 Å². The van der Waals surface area contributed by atoms with Gasteiger partial charge in [-0.25, -0.2) is 0 Å². The second-order valence-corrected chi connectivity index (χ2v) is 5.15. The number of carbonyl (C=O) groups excluding carboxylic acids is 1. The Bertz CT molecular complexity index is 227. The summed E-state index contributed by atoms with van der Waals surface area (Å²) in [6.45, 7) is 13.0. The summed E-state index contributed by atoms with van der Waals surface area (Å²) in [7, 11) is 0. The maximum absolute atomic E-state index is 10.1. The fourth-order valence-corrected chi connectivity index (χ4v) is 0.741. The van der Waals surface area contributed by atoms with Crippen molar-refractivity contribution in [3.8, 4) is 0 Å². The van der Waals surface area contributed by atoms with Crippen molar-refractivity contribution in [3.63, 3.8) is 0 Å². The average molecular weight is 362 g/mol. The van der Waals surface area contributed by atoms with Gasteiger partial charge >= 0.3 is 0 Å². The number of ether oxygens (including phenoxy) is 1. The molecule has 0 bridgehead atoms. The minimum atomic E-state index is -0.287. The van der Waals surface area contributed by atoms with E-state index in [-0.39, 0.29) is 55.3 Å². The van der Waals surface area contributed by atoms with Crippen LogP contribution in [0.3, 0.4) is 0 Å². The zero-order chi connectivity index (χ0) is 11.4. The van der Waals surface area contributed by atoms with E-state index in [0.717, 1.165) is 0 Å². The standard InChI is InChI=1S/C10H19N2O2.Dy/c1-9(2,3)11-8(14-7-13)12-10(4,5)6;/h1-6H3,(H,11,12);/q-1;. The number of amidine groups is 1. The van der Waals surface area contributed by atoms with Crippen LogP contribution in [0.15, 0.2) is 4.99 Å². The summed E-state index contributed by atoms with van der Waals surface area (Å²) in [6, 6.07) is 0.208. The molecule has 0 unspecified atom stereocenters. The number of nitrogens with zero attached hydrogens (tertiary/aromatic N) is 1. The van der Waals surface area contributed by atoms with Gasteiger partial charge in [0.1, 0.15) is 6.02 Å². The minimum absolute atomic E-state index is 0. The van der Waals surface area contributed by atoms with Crippen LogP contribution in [0.4, 0.5) is 0 Å². The summed E-state index contributed by atoms with van der Waals surface area (Å²) < 4.78 is 4.63. The van der Waals surface area contributed by atoms with Crippen molar-refractivity contribution in [2.75, 3.05) is 0 Å². The molecule has 0 aliphatic carbocycles. The third-order valence-corrected chi connectivity index (χ3v) is 1.06. The quantitative estimate of drug-likeness (QED) is 0.438. The molecule has 5 heteroatoms. The molecular weight excluding hydrogens is 343 g/mol. The third kappa shape index (κ3) is 12.1. The topological polar surface area (TPSA) is 50.7 Å². The predicted molar refractivity (Wildman–Crippen MR) is 56.9 cm³/mol. The molecule has 0 saturated heterocycles. The van der Waals surface area contributed by atoms with E-state index in [4.69, 9.17) is 0 Å². The fourth-order valence-electron chi connectivity index (χ4n) is 0.741. The first-order valence-electron chi connectivity index (χ1n) is 4.56. The Labute approximate surface area is 122 Å². The smallest absolute Gasteiger partial charge is 0.172 e. The van der Waals surface area contributed by atoms with Gasteiger partial charge < -0.3 is 19.8 Å². The van der Waals surface area contributed by atoms with Crippen molar-refractivity contribution in [3.05, 3.63) is 0 Å². The van der Waals surface area contributed by atoms with Gasteiger partial charge in [0.2, 0.25) is 0 Å². The van der Waals surface area contributed by atoms with Crippen molar-refractivity contribution in [1.82, 2.24) is 5.32 Å². The molecule has 0 aliphatic rings. The van der Waals surface area contributed by atoms with Crippen molar-refractivity contribution >= 4 is 12.5 Å². The van der Waals surface area contributed by atoms with Gasteiger partial charge in [-0.3, -0.25) is 0 Å². The Balaban J connectivity index is 0. The molecule has 0 spiro atoms. The number of hydrogen-bond donors (Lipinski definition) is 1. The molecular formula is C10H19DyN2O2-. The molecule has 0 aromatic carbocycles. The van der Waals surface area contributed by atoms with Crippen LogP contribution < -0.4 is 5.32 Å². The van der Waals surface area contributed by atoms with Crippen LogP contribution in [0.25, 0.3) is 0 Å². The molecule has 4 nitrogen and oxygen atoms in total. The molecule has 0 aliphatic heterocycles. The average Bonchev–Trinajstić information content (AvgIpc) is 1.78. The van der Waals surface area contributed by atoms with Gasteiger partial charge in [0.15, 0.2) is 6.47 Å². The molecule has 0 aromatic rings. The summed E-state index contributed by atoms with van der Waals surface area (Å²) in [6.07, 6.45) is 0. The summed E-state index contributed by atoms with van der Waals surface area (Å²) in [5.74, 6) is 0. The first-order valence-corrected chi connectivity index (χ1v) is 4.56. The minimum Gasteiger partial charge on any atom is -0.584 e. The van der Waals surface area contributed by atoms with E-state index >= 15 is 0 Å². The Morgan fingerprint density at radius 2 is 1.67 bits per heavy atom. The number of aliphatic imine (C=N–C) groups is 1. The van der Waals surface area contributed by atoms with Crippen LogP contribution in [0.2, 0.25) is 0 Å². The van der Waals surface area contributed by atoms with Gasteiger partial charge in [-0.15, -0.1) is 0 Å². The van der Waals surface area contributed by atoms with Crippen LogP contribution in [-0.2, 0) is 9.53 Å². The molecule has 92 valence electrons. The summed E-state index contributed by atoms with van der Waals surface area (Å²) in [4.78, 5) is 14.3. The van der Waals surface area contributed by atoms with Gasteiger partial charge in [0.05, 0.1) is 0 Å². The van der Waals surface area contributed by atoms with Gasteiger partial charge in [0, 0.05) is 49.3 Å². The second kappa shape index (κ2) is 6.72. The van der Waals surface area contributed by atoms with E-state index < -0.39 is 0 Å². The van der Waals surface area contributed by atoms with Crippen LogP contribution in [0.1, 0.15) is 41.5 Å². The zero-order valence-corrected chi connectivity index (χ0v) is 12.1. The molecule has 0 atom stereocenters. The Morgan fingerprint density at radius 1 is 1.20 bits per heavy atom. The number of rotatable bonds is 1. The molecule has 0 heterocycles. The van der Waals surface area contributed by atoms with E-state index in [9.17, 15) is 4.79 Å². The first-order chi connectivity index (χ1) is 6.14. The van der Waals surface area contributed by atoms with Crippen molar-refractivity contribution in [1.29, 1.82) is 0 Å². The monoisotopic (exact) mass is 363 g/mol. The van der Waals surface area contributed by atoms with Gasteiger partial charge in [0.25, 0.3) is 0 Å². The zero-order valence-electron chi connectivity index (χ0n) is 10.1. The SMILES string of the molecule is CC(C)(C)N=C(NC(C)(C)C)O[C-]=O.[Dy]. The first kappa shape index (κ1) is 17.6. The second-order valence-electron chi connectivity index (χ2n) is 5.15. The number of hydrogen-bond acceptors (Lipinski definition) is 3. The predicted octanol–water partition coefficient (Wildman–Crippen LogP) is 1.61. The molecule has 0 aromatic heterocycles. The number of nitrogens with one attached hydrogen (secondary N) is 1. The Kier molecular flexibility index (Phi) is 7.89. The third-order valence-electron chi connectivity index (χ3n) is 1.06. The van der Waals surface area contributed by atoms with Gasteiger partial charge in [-0.2, -0.15) is 0 Å². The van der Waals surface area contributed by atoms with Crippen LogP contribution in [-0.4, -0.2) is 23.6 Å². The Hall–Kier alpha value is 0.213. The fraction of sp³-hybridized carbons (Fsp3) is 0.800. The van der Waals surface area contributed by atoms with E-state index in [0.29, 0.717) is 0 Å². The molecule has 0 saturated carbocycles. The maximum Gasteiger partial charge on any atom is 0.172 e. The van der Waals surface area contributed by atoms with Gasteiger partial charge in [-0.05, 0) is 41.5 Å².